The van der Waals surface area contributed by atoms with Crippen LogP contribution in [-0.2, 0) is 9.59 Å². The van der Waals surface area contributed by atoms with Crippen molar-refractivity contribution in [2.45, 2.75) is 18.6 Å². The fraction of sp³-hybridized carbons (Fsp3) is 0.158. The van der Waals surface area contributed by atoms with Crippen molar-refractivity contribution in [3.8, 4) is 5.75 Å². The van der Waals surface area contributed by atoms with Crippen LogP contribution in [0.3, 0.4) is 0 Å². The van der Waals surface area contributed by atoms with Gasteiger partial charge in [0.05, 0.1) is 0 Å². The average Bonchev–Trinajstić information content (AvgIpc) is 2.61. The van der Waals surface area contributed by atoms with Gasteiger partial charge in [-0.3, -0.25) is 4.79 Å². The summed E-state index contributed by atoms with van der Waals surface area (Å²) < 4.78 is 5.36. The summed E-state index contributed by atoms with van der Waals surface area (Å²) >= 11 is 0. The fourth-order valence-corrected chi connectivity index (χ4v) is 2.24. The number of carboxylic acids is 2. The molecule has 6 nitrogen and oxygen atoms in total. The lowest BCUT2D eigenvalue weighted by atomic mass is 10.00. The molecule has 0 fully saturated rings. The molecular formula is C19H19NO5. The van der Waals surface area contributed by atoms with Crippen LogP contribution in [0.1, 0.15) is 17.5 Å². The SMILES string of the molecule is C=C(c1ccccc1)c1ccc(OC(CC(N)C(=O)O)C(=O)O)cc1. The summed E-state index contributed by atoms with van der Waals surface area (Å²) in [7, 11) is 0. The number of hydrogen-bond donors (Lipinski definition) is 3. The minimum absolute atomic E-state index is 0.314. The molecule has 0 bridgehead atoms. The van der Waals surface area contributed by atoms with E-state index in [1.165, 1.54) is 0 Å². The standard InChI is InChI=1S/C19H19NO5/c1-12(13-5-3-2-4-6-13)14-7-9-15(10-8-14)25-17(19(23)24)11-16(20)18(21)22/h2-10,16-17H,1,11,20H2,(H,21,22)(H,23,24). The zero-order valence-electron chi connectivity index (χ0n) is 13.5. The van der Waals surface area contributed by atoms with Crippen LogP contribution in [0.25, 0.3) is 5.57 Å². The van der Waals surface area contributed by atoms with Crippen LogP contribution < -0.4 is 10.5 Å². The smallest absolute Gasteiger partial charge is 0.344 e. The molecule has 0 aliphatic rings. The molecule has 2 rings (SSSR count). The van der Waals surface area contributed by atoms with E-state index in [1.807, 2.05) is 30.3 Å². The number of aliphatic carboxylic acids is 2. The first kappa shape index (κ1) is 18.2. The molecule has 0 aromatic heterocycles. The Bertz CT molecular complexity index is 755. The minimum atomic E-state index is -1.34. The number of carbonyl (C=O) groups is 2. The van der Waals surface area contributed by atoms with Gasteiger partial charge in [-0.05, 0) is 28.8 Å². The Labute approximate surface area is 145 Å². The van der Waals surface area contributed by atoms with Crippen molar-refractivity contribution in [3.63, 3.8) is 0 Å². The van der Waals surface area contributed by atoms with Crippen LogP contribution in [0.15, 0.2) is 61.2 Å². The molecule has 0 saturated carbocycles. The van der Waals surface area contributed by atoms with Crippen molar-refractivity contribution in [1.82, 2.24) is 0 Å². The van der Waals surface area contributed by atoms with Crippen molar-refractivity contribution in [1.29, 1.82) is 0 Å². The van der Waals surface area contributed by atoms with Gasteiger partial charge in [-0.2, -0.15) is 0 Å². The number of hydrogen-bond acceptors (Lipinski definition) is 4. The van der Waals surface area contributed by atoms with E-state index in [9.17, 15) is 9.59 Å². The second-order valence-corrected chi connectivity index (χ2v) is 5.49. The van der Waals surface area contributed by atoms with Crippen molar-refractivity contribution in [3.05, 3.63) is 72.3 Å². The normalized spacial score (nSPS) is 12.8. The van der Waals surface area contributed by atoms with E-state index in [-0.39, 0.29) is 6.42 Å². The zero-order valence-corrected chi connectivity index (χ0v) is 13.5. The van der Waals surface area contributed by atoms with Gasteiger partial charge in [-0.25, -0.2) is 4.79 Å². The van der Waals surface area contributed by atoms with Crippen LogP contribution in [0.4, 0.5) is 0 Å². The second-order valence-electron chi connectivity index (χ2n) is 5.49. The van der Waals surface area contributed by atoms with Crippen molar-refractivity contribution in [2.24, 2.45) is 5.73 Å². The van der Waals surface area contributed by atoms with E-state index in [0.717, 1.165) is 16.7 Å². The summed E-state index contributed by atoms with van der Waals surface area (Å²) in [6, 6.07) is 15.1. The Morgan fingerprint density at radius 2 is 1.52 bits per heavy atom. The maximum absolute atomic E-state index is 11.2. The highest BCUT2D eigenvalue weighted by Crippen LogP contribution is 2.24. The molecule has 6 heteroatoms. The van der Waals surface area contributed by atoms with Gasteiger partial charge in [-0.15, -0.1) is 0 Å². The van der Waals surface area contributed by atoms with Crippen LogP contribution in [0, 0.1) is 0 Å². The topological polar surface area (TPSA) is 110 Å². The maximum atomic E-state index is 11.2. The van der Waals surface area contributed by atoms with Gasteiger partial charge in [0.2, 0.25) is 0 Å². The molecule has 0 aliphatic heterocycles. The molecule has 0 heterocycles. The average molecular weight is 341 g/mol. The zero-order chi connectivity index (χ0) is 18.4. The molecule has 2 aromatic rings. The van der Waals surface area contributed by atoms with Crippen LogP contribution >= 0.6 is 0 Å². The third-order valence-corrected chi connectivity index (χ3v) is 3.66. The number of nitrogens with two attached hydrogens (primary N) is 1. The summed E-state index contributed by atoms with van der Waals surface area (Å²) in [4.78, 5) is 22.0. The number of benzene rings is 2. The maximum Gasteiger partial charge on any atom is 0.344 e. The highest BCUT2D eigenvalue weighted by molar-refractivity contribution is 5.78. The molecule has 25 heavy (non-hydrogen) atoms. The predicted octanol–water partition coefficient (Wildman–Crippen LogP) is 2.38. The van der Waals surface area contributed by atoms with Crippen molar-refractivity contribution < 1.29 is 24.5 Å². The third-order valence-electron chi connectivity index (χ3n) is 3.66. The van der Waals surface area contributed by atoms with Gasteiger partial charge < -0.3 is 20.7 Å². The van der Waals surface area contributed by atoms with Crippen LogP contribution in [-0.4, -0.2) is 34.3 Å². The van der Waals surface area contributed by atoms with Crippen LogP contribution in [0.5, 0.6) is 5.75 Å². The molecule has 0 amide bonds. The van der Waals surface area contributed by atoms with E-state index in [1.54, 1.807) is 24.3 Å². The first-order valence-corrected chi connectivity index (χ1v) is 7.61. The Kier molecular flexibility index (Phi) is 5.92. The number of rotatable bonds is 8. The molecule has 0 aliphatic carbocycles. The first-order chi connectivity index (χ1) is 11.9. The molecule has 2 atom stereocenters. The van der Waals surface area contributed by atoms with Gasteiger partial charge >= 0.3 is 11.9 Å². The molecule has 4 N–H and O–H groups in total. The molecule has 0 radical (unpaired) electrons. The second kappa shape index (κ2) is 8.12. The minimum Gasteiger partial charge on any atom is -0.480 e. The van der Waals surface area contributed by atoms with Gasteiger partial charge in [0.1, 0.15) is 11.8 Å². The largest absolute Gasteiger partial charge is 0.480 e. The highest BCUT2D eigenvalue weighted by Gasteiger charge is 2.26. The van der Waals surface area contributed by atoms with E-state index < -0.39 is 24.1 Å². The first-order valence-electron chi connectivity index (χ1n) is 7.61. The monoisotopic (exact) mass is 341 g/mol. The molecule has 0 saturated heterocycles. The molecule has 130 valence electrons. The van der Waals surface area contributed by atoms with Crippen LogP contribution in [0.2, 0.25) is 0 Å². The summed E-state index contributed by atoms with van der Waals surface area (Å²) in [5, 5.41) is 18.0. The summed E-state index contributed by atoms with van der Waals surface area (Å²) in [5.41, 5.74) is 8.06. The fourth-order valence-electron chi connectivity index (χ4n) is 2.24. The van der Waals surface area contributed by atoms with Gasteiger partial charge in [0, 0.05) is 6.42 Å². The number of ether oxygens (including phenoxy) is 1. The quantitative estimate of drug-likeness (QED) is 0.680. The molecular weight excluding hydrogens is 322 g/mol. The number of carboxylic acid groups (broad SMARTS) is 2. The molecule has 2 aromatic carbocycles. The molecule has 2 unspecified atom stereocenters. The summed E-state index contributed by atoms with van der Waals surface area (Å²) in [6.45, 7) is 4.06. The van der Waals surface area contributed by atoms with Crippen molar-refractivity contribution in [2.75, 3.05) is 0 Å². The Morgan fingerprint density at radius 1 is 0.960 bits per heavy atom. The highest BCUT2D eigenvalue weighted by atomic mass is 16.5. The lowest BCUT2D eigenvalue weighted by Crippen LogP contribution is -2.39. The predicted molar refractivity (Wildman–Crippen MR) is 93.3 cm³/mol. The van der Waals surface area contributed by atoms with Gasteiger partial charge in [-0.1, -0.05) is 49.0 Å². The van der Waals surface area contributed by atoms with Gasteiger partial charge in [0.15, 0.2) is 6.10 Å². The lowest BCUT2D eigenvalue weighted by molar-refractivity contribution is -0.146. The Hall–Kier alpha value is -3.12. The molecule has 0 spiro atoms. The summed E-state index contributed by atoms with van der Waals surface area (Å²) in [5.74, 6) is -2.23. The Balaban J connectivity index is 2.09. The van der Waals surface area contributed by atoms with E-state index >= 15 is 0 Å². The van der Waals surface area contributed by atoms with E-state index in [2.05, 4.69) is 6.58 Å². The Morgan fingerprint density at radius 3 is 2.04 bits per heavy atom. The van der Waals surface area contributed by atoms with Gasteiger partial charge in [0.25, 0.3) is 0 Å². The lowest BCUT2D eigenvalue weighted by Gasteiger charge is -2.17. The third kappa shape index (κ3) is 4.92. The van der Waals surface area contributed by atoms with Crippen molar-refractivity contribution >= 4 is 17.5 Å². The van der Waals surface area contributed by atoms with E-state index in [4.69, 9.17) is 20.7 Å². The van der Waals surface area contributed by atoms with E-state index in [0.29, 0.717) is 5.75 Å². The summed E-state index contributed by atoms with van der Waals surface area (Å²) in [6.07, 6.45) is -1.67.